The first-order chi connectivity index (χ1) is 11.0. The summed E-state index contributed by atoms with van der Waals surface area (Å²) >= 11 is 0. The van der Waals surface area contributed by atoms with E-state index < -0.39 is 0 Å². The fourth-order valence-electron chi connectivity index (χ4n) is 4.09. The monoisotopic (exact) mass is 326 g/mol. The number of hydrogen-bond donors (Lipinski definition) is 2. The summed E-state index contributed by atoms with van der Waals surface area (Å²) in [6, 6.07) is 0. The molecule has 0 spiro atoms. The number of hydrogen-bond acceptors (Lipinski definition) is 2. The second kappa shape index (κ2) is 6.16. The molecule has 0 saturated carbocycles. The van der Waals surface area contributed by atoms with Crippen molar-refractivity contribution in [2.45, 2.75) is 68.2 Å². The highest BCUT2D eigenvalue weighted by molar-refractivity contribution is 5.60. The molecule has 0 aromatic heterocycles. The van der Waals surface area contributed by atoms with Crippen LogP contribution in [0, 0.1) is 55.4 Å². The molecule has 2 nitrogen and oxygen atoms in total. The van der Waals surface area contributed by atoms with E-state index >= 15 is 0 Å². The number of rotatable bonds is 2. The van der Waals surface area contributed by atoms with E-state index in [4.69, 9.17) is 0 Å². The molecule has 0 radical (unpaired) electrons. The summed E-state index contributed by atoms with van der Waals surface area (Å²) < 4.78 is 0. The summed E-state index contributed by atoms with van der Waals surface area (Å²) in [7, 11) is 0. The molecule has 0 unspecified atom stereocenters. The minimum Gasteiger partial charge on any atom is -0.507 e. The van der Waals surface area contributed by atoms with Crippen LogP contribution in [0.15, 0.2) is 0 Å². The Morgan fingerprint density at radius 3 is 0.875 bits per heavy atom. The molecule has 0 amide bonds. The number of phenolic OH excluding ortho intramolecular Hbond substituents is 2. The van der Waals surface area contributed by atoms with E-state index in [-0.39, 0.29) is 5.92 Å². The van der Waals surface area contributed by atoms with Crippen LogP contribution in [-0.4, -0.2) is 10.2 Å². The molecule has 130 valence electrons. The molecule has 0 heterocycles. The zero-order valence-electron chi connectivity index (χ0n) is 16.5. The fraction of sp³-hybridized carbons (Fsp3) is 0.455. The van der Waals surface area contributed by atoms with Gasteiger partial charge in [-0.15, -0.1) is 0 Å². The molecule has 2 heteroatoms. The third kappa shape index (κ3) is 2.49. The second-order valence-electron chi connectivity index (χ2n) is 7.25. The quantitative estimate of drug-likeness (QED) is 0.741. The SMILES string of the molecule is Cc1c(C)c(C(C)c2c(C)c(C)c(O)c(C)c2C)c(C)c(C)c1O. The molecule has 2 rings (SSSR count). The summed E-state index contributed by atoms with van der Waals surface area (Å²) in [6.45, 7) is 18.6. The second-order valence-corrected chi connectivity index (χ2v) is 7.25. The van der Waals surface area contributed by atoms with E-state index in [1.807, 2.05) is 27.7 Å². The van der Waals surface area contributed by atoms with Crippen LogP contribution in [0.25, 0.3) is 0 Å². The van der Waals surface area contributed by atoms with E-state index in [1.54, 1.807) is 0 Å². The summed E-state index contributed by atoms with van der Waals surface area (Å²) in [5, 5.41) is 20.7. The number of phenols is 2. The molecule has 0 aliphatic carbocycles. The largest absolute Gasteiger partial charge is 0.507 e. The van der Waals surface area contributed by atoms with Crippen molar-refractivity contribution >= 4 is 0 Å². The van der Waals surface area contributed by atoms with Crippen molar-refractivity contribution in [1.29, 1.82) is 0 Å². The lowest BCUT2D eigenvalue weighted by molar-refractivity contribution is 0.464. The summed E-state index contributed by atoms with van der Waals surface area (Å²) in [6.07, 6.45) is 0. The van der Waals surface area contributed by atoms with Crippen LogP contribution in [-0.2, 0) is 0 Å². The van der Waals surface area contributed by atoms with Gasteiger partial charge in [0.25, 0.3) is 0 Å². The minimum atomic E-state index is 0.209. The van der Waals surface area contributed by atoms with Gasteiger partial charge in [-0.1, -0.05) is 6.92 Å². The van der Waals surface area contributed by atoms with Gasteiger partial charge < -0.3 is 10.2 Å². The van der Waals surface area contributed by atoms with Gasteiger partial charge in [-0.2, -0.15) is 0 Å². The lowest BCUT2D eigenvalue weighted by Crippen LogP contribution is -2.10. The van der Waals surface area contributed by atoms with E-state index in [1.165, 1.54) is 11.1 Å². The molecule has 0 atom stereocenters. The third-order valence-electron chi connectivity index (χ3n) is 6.15. The minimum absolute atomic E-state index is 0.209. The lowest BCUT2D eigenvalue weighted by atomic mass is 9.78. The average molecular weight is 326 g/mol. The first-order valence-corrected chi connectivity index (χ1v) is 8.60. The lowest BCUT2D eigenvalue weighted by Gasteiger charge is -2.27. The van der Waals surface area contributed by atoms with Crippen molar-refractivity contribution < 1.29 is 10.2 Å². The molecule has 0 fully saturated rings. The number of aromatic hydroxyl groups is 2. The van der Waals surface area contributed by atoms with Crippen molar-refractivity contribution in [3.8, 4) is 11.5 Å². The Morgan fingerprint density at radius 1 is 0.458 bits per heavy atom. The van der Waals surface area contributed by atoms with Gasteiger partial charge in [0.15, 0.2) is 0 Å². The van der Waals surface area contributed by atoms with Gasteiger partial charge in [0.05, 0.1) is 0 Å². The Hall–Kier alpha value is -1.96. The molecule has 0 aliphatic rings. The van der Waals surface area contributed by atoms with Crippen LogP contribution in [0.4, 0.5) is 0 Å². The van der Waals surface area contributed by atoms with E-state index in [0.29, 0.717) is 11.5 Å². The smallest absolute Gasteiger partial charge is 0.121 e. The predicted octanol–water partition coefficient (Wildman–Crippen LogP) is 5.72. The van der Waals surface area contributed by atoms with Gasteiger partial charge in [-0.25, -0.2) is 0 Å². The topological polar surface area (TPSA) is 40.5 Å². The first kappa shape index (κ1) is 18.4. The Morgan fingerprint density at radius 2 is 0.667 bits per heavy atom. The van der Waals surface area contributed by atoms with Crippen LogP contribution in [0.5, 0.6) is 11.5 Å². The van der Waals surface area contributed by atoms with Crippen molar-refractivity contribution in [2.24, 2.45) is 0 Å². The molecule has 24 heavy (non-hydrogen) atoms. The van der Waals surface area contributed by atoms with Gasteiger partial charge >= 0.3 is 0 Å². The Bertz CT molecular complexity index is 701. The van der Waals surface area contributed by atoms with Gasteiger partial charge in [0.1, 0.15) is 11.5 Å². The van der Waals surface area contributed by atoms with Crippen LogP contribution < -0.4 is 0 Å². The van der Waals surface area contributed by atoms with Gasteiger partial charge in [-0.05, 0) is 111 Å². The average Bonchev–Trinajstić information content (AvgIpc) is 2.55. The maximum atomic E-state index is 10.3. The zero-order chi connectivity index (χ0) is 18.5. The maximum absolute atomic E-state index is 10.3. The van der Waals surface area contributed by atoms with Crippen LogP contribution in [0.3, 0.4) is 0 Å². The summed E-state index contributed by atoms with van der Waals surface area (Å²) in [4.78, 5) is 0. The van der Waals surface area contributed by atoms with Crippen molar-refractivity contribution in [3.05, 3.63) is 55.6 Å². The van der Waals surface area contributed by atoms with Crippen LogP contribution in [0.2, 0.25) is 0 Å². The standard InChI is InChI=1S/C22H30O2/c1-10-14(5)21(23)15(6)11(2)19(10)18(9)20-12(3)16(7)22(24)17(8)13(20)4/h18,23-24H,1-9H3. The first-order valence-electron chi connectivity index (χ1n) is 8.60. The zero-order valence-corrected chi connectivity index (χ0v) is 16.5. The molecule has 2 N–H and O–H groups in total. The van der Waals surface area contributed by atoms with Gasteiger partial charge in [0, 0.05) is 5.92 Å². The third-order valence-corrected chi connectivity index (χ3v) is 6.15. The molecule has 0 bridgehead atoms. The predicted molar refractivity (Wildman–Crippen MR) is 102 cm³/mol. The molecule has 0 saturated heterocycles. The molecule has 2 aromatic rings. The number of benzene rings is 2. The summed E-state index contributed by atoms with van der Waals surface area (Å²) in [5.74, 6) is 1.03. The van der Waals surface area contributed by atoms with Crippen molar-refractivity contribution in [3.63, 3.8) is 0 Å². The van der Waals surface area contributed by atoms with Crippen LogP contribution in [0.1, 0.15) is 68.5 Å². The molecular formula is C22H30O2. The highest BCUT2D eigenvalue weighted by Gasteiger charge is 2.24. The Balaban J connectivity index is 2.84. The van der Waals surface area contributed by atoms with Crippen molar-refractivity contribution in [2.75, 3.05) is 0 Å². The molecule has 0 aliphatic heterocycles. The highest BCUT2D eigenvalue weighted by atomic mass is 16.3. The normalized spacial score (nSPS) is 11.4. The van der Waals surface area contributed by atoms with E-state index in [2.05, 4.69) is 34.6 Å². The fourth-order valence-corrected chi connectivity index (χ4v) is 4.09. The summed E-state index contributed by atoms with van der Waals surface area (Å²) in [5.41, 5.74) is 11.1. The highest BCUT2D eigenvalue weighted by Crippen LogP contribution is 2.42. The van der Waals surface area contributed by atoms with Crippen molar-refractivity contribution in [1.82, 2.24) is 0 Å². The van der Waals surface area contributed by atoms with E-state index in [9.17, 15) is 10.2 Å². The van der Waals surface area contributed by atoms with Gasteiger partial charge in [-0.3, -0.25) is 0 Å². The molecule has 2 aromatic carbocycles. The molecular weight excluding hydrogens is 296 g/mol. The Labute approximate surface area is 146 Å². The van der Waals surface area contributed by atoms with Crippen LogP contribution >= 0.6 is 0 Å². The van der Waals surface area contributed by atoms with Gasteiger partial charge in [0.2, 0.25) is 0 Å². The Kier molecular flexibility index (Phi) is 4.72. The van der Waals surface area contributed by atoms with E-state index in [0.717, 1.165) is 44.5 Å². The maximum Gasteiger partial charge on any atom is 0.121 e.